The van der Waals surface area contributed by atoms with Crippen molar-refractivity contribution in [3.63, 3.8) is 0 Å². The van der Waals surface area contributed by atoms with Gasteiger partial charge in [0.25, 0.3) is 0 Å². The number of rotatable bonds is 8. The monoisotopic (exact) mass is 515 g/mol. The van der Waals surface area contributed by atoms with Gasteiger partial charge in [-0.3, -0.25) is 4.79 Å². The zero-order valence-electron chi connectivity index (χ0n) is 22.1. The number of carbonyl (C=O) groups excluding carboxylic acids is 1. The molecule has 0 spiro atoms. The van der Waals surface area contributed by atoms with Crippen LogP contribution in [-0.4, -0.2) is 62.4 Å². The Morgan fingerprint density at radius 1 is 1.18 bits per heavy atom. The van der Waals surface area contributed by atoms with Gasteiger partial charge in [0.15, 0.2) is 0 Å². The third kappa shape index (κ3) is 5.05. The topological polar surface area (TPSA) is 117 Å². The molecule has 10 nitrogen and oxygen atoms in total. The Kier molecular flexibility index (Phi) is 7.00. The van der Waals surface area contributed by atoms with Crippen molar-refractivity contribution in [3.05, 3.63) is 60.2 Å². The Labute approximate surface area is 221 Å². The smallest absolute Gasteiger partial charge is 0.207 e. The predicted octanol–water partition coefficient (Wildman–Crippen LogP) is 3.30. The van der Waals surface area contributed by atoms with Crippen LogP contribution in [0.25, 0.3) is 22.3 Å². The Balaban J connectivity index is 1.41. The highest BCUT2D eigenvalue weighted by molar-refractivity contribution is 5.92. The number of hydrogen-bond acceptors (Lipinski definition) is 8. The van der Waals surface area contributed by atoms with E-state index in [1.807, 2.05) is 61.3 Å². The maximum atomic E-state index is 11.2. The molecule has 1 aromatic carbocycles. The second-order valence-electron chi connectivity index (χ2n) is 10.1. The molecule has 1 aliphatic rings. The number of hydrogen-bond donors (Lipinski definition) is 3. The van der Waals surface area contributed by atoms with Crippen molar-refractivity contribution < 1.29 is 14.6 Å². The zero-order chi connectivity index (χ0) is 26.9. The summed E-state index contributed by atoms with van der Waals surface area (Å²) in [5.74, 6) is 0.707. The lowest BCUT2D eigenvalue weighted by Gasteiger charge is -2.39. The number of ether oxygens (including phenoxy) is 1. The van der Waals surface area contributed by atoms with Gasteiger partial charge >= 0.3 is 0 Å². The number of nitrogens with zero attached hydrogens (tertiary/aromatic N) is 5. The molecule has 0 aliphatic carbocycles. The molecular formula is C28H33N7O3. The Hall–Kier alpha value is -4.02. The number of amides is 1. The number of aromatic nitrogens is 4. The van der Waals surface area contributed by atoms with Crippen LogP contribution in [0, 0.1) is 6.92 Å². The van der Waals surface area contributed by atoms with Crippen LogP contribution in [0.2, 0.25) is 0 Å². The Morgan fingerprint density at radius 3 is 2.76 bits per heavy atom. The van der Waals surface area contributed by atoms with E-state index in [0.717, 1.165) is 51.3 Å². The highest BCUT2D eigenvalue weighted by atomic mass is 16.5. The molecule has 1 saturated heterocycles. The number of carbonyl (C=O) groups is 1. The Morgan fingerprint density at radius 2 is 2.03 bits per heavy atom. The third-order valence-corrected chi connectivity index (χ3v) is 7.11. The SMILES string of the molecule is Cc1c(Nc2ccc(N3CCO[C@@H](C(C)(C)O)C3)cn2)ccc(-c2ncnc3c2ccn3C)c1CNC=O. The van der Waals surface area contributed by atoms with Crippen molar-refractivity contribution in [2.75, 3.05) is 29.9 Å². The van der Waals surface area contributed by atoms with Crippen LogP contribution < -0.4 is 15.5 Å². The lowest BCUT2D eigenvalue weighted by Crippen LogP contribution is -2.52. The van der Waals surface area contributed by atoms with Crippen LogP contribution in [0.3, 0.4) is 0 Å². The van der Waals surface area contributed by atoms with Gasteiger partial charge in [-0.15, -0.1) is 0 Å². The van der Waals surface area contributed by atoms with Crippen LogP contribution >= 0.6 is 0 Å². The first-order chi connectivity index (χ1) is 18.3. The minimum atomic E-state index is -0.911. The highest BCUT2D eigenvalue weighted by Crippen LogP contribution is 2.34. The van der Waals surface area contributed by atoms with Gasteiger partial charge in [-0.1, -0.05) is 6.07 Å². The average Bonchev–Trinajstić information content (AvgIpc) is 3.30. The van der Waals surface area contributed by atoms with Gasteiger partial charge in [-0.25, -0.2) is 15.0 Å². The molecule has 1 amide bonds. The van der Waals surface area contributed by atoms with Gasteiger partial charge in [0.2, 0.25) is 6.41 Å². The number of morpholine rings is 1. The van der Waals surface area contributed by atoms with Gasteiger partial charge in [-0.2, -0.15) is 0 Å². The van der Waals surface area contributed by atoms with Gasteiger partial charge < -0.3 is 29.9 Å². The summed E-state index contributed by atoms with van der Waals surface area (Å²) < 4.78 is 7.72. The van der Waals surface area contributed by atoms with Crippen LogP contribution in [0.15, 0.2) is 49.1 Å². The van der Waals surface area contributed by atoms with Crippen LogP contribution in [0.1, 0.15) is 25.0 Å². The molecule has 5 rings (SSSR count). The number of fused-ring (bicyclic) bond motifs is 1. The van der Waals surface area contributed by atoms with Crippen molar-refractivity contribution in [1.29, 1.82) is 0 Å². The first-order valence-corrected chi connectivity index (χ1v) is 12.6. The lowest BCUT2D eigenvalue weighted by molar-refractivity contribution is -0.109. The third-order valence-electron chi connectivity index (χ3n) is 7.11. The fourth-order valence-corrected chi connectivity index (χ4v) is 4.87. The Bertz CT molecular complexity index is 1440. The molecule has 10 heteroatoms. The first kappa shape index (κ1) is 25.6. The molecule has 0 unspecified atom stereocenters. The number of aryl methyl sites for hydroxylation is 1. The van der Waals surface area contributed by atoms with E-state index in [0.29, 0.717) is 31.9 Å². The van der Waals surface area contributed by atoms with Crippen molar-refractivity contribution >= 4 is 34.6 Å². The summed E-state index contributed by atoms with van der Waals surface area (Å²) in [6.07, 6.45) is 5.81. The quantitative estimate of drug-likeness (QED) is 0.306. The molecule has 1 fully saturated rings. The summed E-state index contributed by atoms with van der Waals surface area (Å²) in [5.41, 5.74) is 5.53. The second kappa shape index (κ2) is 10.4. The predicted molar refractivity (Wildman–Crippen MR) is 147 cm³/mol. The van der Waals surface area contributed by atoms with E-state index in [2.05, 4.69) is 30.5 Å². The molecule has 1 atom stereocenters. The van der Waals surface area contributed by atoms with Crippen molar-refractivity contribution in [1.82, 2.24) is 24.8 Å². The molecule has 198 valence electrons. The largest absolute Gasteiger partial charge is 0.388 e. The maximum Gasteiger partial charge on any atom is 0.207 e. The molecule has 3 aromatic heterocycles. The molecule has 38 heavy (non-hydrogen) atoms. The van der Waals surface area contributed by atoms with Gasteiger partial charge in [0.1, 0.15) is 23.9 Å². The van der Waals surface area contributed by atoms with Crippen molar-refractivity contribution in [2.45, 2.75) is 39.0 Å². The van der Waals surface area contributed by atoms with Gasteiger partial charge in [-0.05, 0) is 56.2 Å². The summed E-state index contributed by atoms with van der Waals surface area (Å²) in [5, 5.41) is 17.5. The summed E-state index contributed by atoms with van der Waals surface area (Å²) in [4.78, 5) is 27.0. The zero-order valence-corrected chi connectivity index (χ0v) is 22.1. The summed E-state index contributed by atoms with van der Waals surface area (Å²) >= 11 is 0. The molecule has 0 bridgehead atoms. The van der Waals surface area contributed by atoms with E-state index in [1.54, 1.807) is 20.2 Å². The number of pyridine rings is 1. The van der Waals surface area contributed by atoms with E-state index in [4.69, 9.17) is 4.74 Å². The molecule has 0 radical (unpaired) electrons. The minimum absolute atomic E-state index is 0.263. The van der Waals surface area contributed by atoms with Crippen LogP contribution in [0.4, 0.5) is 17.2 Å². The van der Waals surface area contributed by atoms with Crippen LogP contribution in [0.5, 0.6) is 0 Å². The molecule has 4 aromatic rings. The number of anilines is 3. The molecule has 4 heterocycles. The summed E-state index contributed by atoms with van der Waals surface area (Å²) in [7, 11) is 1.95. The fourth-order valence-electron chi connectivity index (χ4n) is 4.87. The number of nitrogens with one attached hydrogen (secondary N) is 2. The van der Waals surface area contributed by atoms with E-state index in [9.17, 15) is 9.90 Å². The van der Waals surface area contributed by atoms with E-state index in [-0.39, 0.29) is 6.10 Å². The maximum absolute atomic E-state index is 11.2. The highest BCUT2D eigenvalue weighted by Gasteiger charge is 2.32. The normalized spacial score (nSPS) is 16.0. The van der Waals surface area contributed by atoms with Crippen molar-refractivity contribution in [3.8, 4) is 11.3 Å². The first-order valence-electron chi connectivity index (χ1n) is 12.6. The lowest BCUT2D eigenvalue weighted by atomic mass is 9.96. The number of aliphatic hydroxyl groups is 1. The van der Waals surface area contributed by atoms with Crippen LogP contribution in [-0.2, 0) is 23.1 Å². The summed E-state index contributed by atoms with van der Waals surface area (Å²) in [6, 6.07) is 10.0. The molecule has 1 aliphatic heterocycles. The van der Waals surface area contributed by atoms with Crippen molar-refractivity contribution in [2.24, 2.45) is 7.05 Å². The molecule has 3 N–H and O–H groups in total. The second-order valence-corrected chi connectivity index (χ2v) is 10.1. The number of benzene rings is 1. The van der Waals surface area contributed by atoms with Gasteiger partial charge in [0.05, 0.1) is 29.8 Å². The summed E-state index contributed by atoms with van der Waals surface area (Å²) in [6.45, 7) is 7.83. The van der Waals surface area contributed by atoms with E-state index in [1.165, 1.54) is 0 Å². The molecule has 0 saturated carbocycles. The van der Waals surface area contributed by atoms with Gasteiger partial charge in [0, 0.05) is 49.5 Å². The minimum Gasteiger partial charge on any atom is -0.388 e. The standard InChI is InChI=1S/C28H33N7O3/c1-18-22(14-29-17-36)20(26-21-9-10-34(4)27(21)32-16-31-26)6-7-23(18)33-25-8-5-19(13-30-25)35-11-12-38-24(15-35)28(2,3)37/h5-10,13,16-17,24,37H,11-12,14-15H2,1-4H3,(H,29,36)(H,30,33)/t24-/m1/s1. The average molecular weight is 516 g/mol. The fraction of sp³-hybridized carbons (Fsp3) is 0.357. The van der Waals surface area contributed by atoms with E-state index < -0.39 is 5.60 Å². The van der Waals surface area contributed by atoms with E-state index >= 15 is 0 Å². The molecular weight excluding hydrogens is 482 g/mol.